The Morgan fingerprint density at radius 1 is 1.15 bits per heavy atom. The fraction of sp³-hybridized carbons (Fsp3) is 0.550. The SMILES string of the molecule is CO[C@@H]1CCN(C(=O)C2CCN(c3cnccc3-n3cc(C)cn3)CC2)C1. The maximum Gasteiger partial charge on any atom is 0.225 e. The Morgan fingerprint density at radius 3 is 2.63 bits per heavy atom. The molecule has 2 aromatic heterocycles. The molecule has 27 heavy (non-hydrogen) atoms. The highest BCUT2D eigenvalue weighted by Crippen LogP contribution is 2.29. The molecule has 2 fully saturated rings. The maximum atomic E-state index is 12.8. The van der Waals surface area contributed by atoms with Crippen LogP contribution >= 0.6 is 0 Å². The molecule has 7 nitrogen and oxygen atoms in total. The van der Waals surface area contributed by atoms with Gasteiger partial charge in [-0.2, -0.15) is 5.10 Å². The van der Waals surface area contributed by atoms with Crippen molar-refractivity contribution in [3.8, 4) is 5.69 Å². The Bertz CT molecular complexity index is 797. The smallest absolute Gasteiger partial charge is 0.225 e. The molecule has 4 heterocycles. The molecule has 1 atom stereocenters. The fourth-order valence-corrected chi connectivity index (χ4v) is 4.11. The number of amides is 1. The van der Waals surface area contributed by atoms with Crippen LogP contribution in [0, 0.1) is 12.8 Å². The molecule has 0 aliphatic carbocycles. The minimum Gasteiger partial charge on any atom is -0.380 e. The second-order valence-corrected chi connectivity index (χ2v) is 7.52. The third kappa shape index (κ3) is 3.69. The minimum absolute atomic E-state index is 0.115. The number of anilines is 1. The number of methoxy groups -OCH3 is 1. The van der Waals surface area contributed by atoms with Crippen LogP contribution in [0.1, 0.15) is 24.8 Å². The first-order valence-electron chi connectivity index (χ1n) is 9.68. The lowest BCUT2D eigenvalue weighted by Gasteiger charge is -2.35. The summed E-state index contributed by atoms with van der Waals surface area (Å²) in [6.45, 7) is 5.31. The number of rotatable bonds is 4. The highest BCUT2D eigenvalue weighted by atomic mass is 16.5. The molecule has 0 bridgehead atoms. The predicted octanol–water partition coefficient (Wildman–Crippen LogP) is 2.04. The van der Waals surface area contributed by atoms with Crippen molar-refractivity contribution in [2.24, 2.45) is 5.92 Å². The summed E-state index contributed by atoms with van der Waals surface area (Å²) in [5.41, 5.74) is 3.24. The zero-order valence-corrected chi connectivity index (χ0v) is 16.0. The third-order valence-electron chi connectivity index (χ3n) is 5.71. The van der Waals surface area contributed by atoms with Crippen LogP contribution in [0.15, 0.2) is 30.9 Å². The van der Waals surface area contributed by atoms with Crippen molar-refractivity contribution < 1.29 is 9.53 Å². The number of piperidine rings is 1. The maximum absolute atomic E-state index is 12.8. The molecule has 2 aliphatic heterocycles. The molecule has 7 heteroatoms. The number of hydrogen-bond acceptors (Lipinski definition) is 5. The first kappa shape index (κ1) is 18.0. The molecule has 1 amide bonds. The highest BCUT2D eigenvalue weighted by molar-refractivity contribution is 5.79. The van der Waals surface area contributed by atoms with Gasteiger partial charge in [-0.05, 0) is 37.8 Å². The summed E-state index contributed by atoms with van der Waals surface area (Å²) in [6, 6.07) is 1.99. The first-order valence-corrected chi connectivity index (χ1v) is 9.68. The number of likely N-dealkylation sites (tertiary alicyclic amines) is 1. The average molecular weight is 369 g/mol. The van der Waals surface area contributed by atoms with Gasteiger partial charge in [0.25, 0.3) is 0 Å². The van der Waals surface area contributed by atoms with Gasteiger partial charge in [-0.1, -0.05) is 0 Å². The van der Waals surface area contributed by atoms with Crippen LogP contribution in [0.3, 0.4) is 0 Å². The van der Waals surface area contributed by atoms with Crippen molar-refractivity contribution in [1.82, 2.24) is 19.7 Å². The van der Waals surface area contributed by atoms with Gasteiger partial charge in [-0.25, -0.2) is 4.68 Å². The Kier molecular flexibility index (Phi) is 5.11. The van der Waals surface area contributed by atoms with E-state index in [1.165, 1.54) is 0 Å². The minimum atomic E-state index is 0.115. The zero-order chi connectivity index (χ0) is 18.8. The van der Waals surface area contributed by atoms with Crippen LogP contribution < -0.4 is 4.90 Å². The number of carbonyl (C=O) groups excluding carboxylic acids is 1. The Labute approximate surface area is 159 Å². The average Bonchev–Trinajstić information content (AvgIpc) is 3.36. The number of ether oxygens (including phenoxy) is 1. The number of carbonyl (C=O) groups is 1. The molecule has 2 saturated heterocycles. The summed E-state index contributed by atoms with van der Waals surface area (Å²) >= 11 is 0. The van der Waals surface area contributed by atoms with E-state index in [-0.39, 0.29) is 12.0 Å². The summed E-state index contributed by atoms with van der Waals surface area (Å²) in [5, 5.41) is 4.44. The second kappa shape index (κ2) is 7.68. The van der Waals surface area contributed by atoms with Crippen molar-refractivity contribution in [1.29, 1.82) is 0 Å². The molecule has 144 valence electrons. The van der Waals surface area contributed by atoms with E-state index in [4.69, 9.17) is 4.74 Å². The van der Waals surface area contributed by atoms with Gasteiger partial charge >= 0.3 is 0 Å². The summed E-state index contributed by atoms with van der Waals surface area (Å²) in [7, 11) is 1.73. The van der Waals surface area contributed by atoms with Gasteiger partial charge in [0.2, 0.25) is 5.91 Å². The molecule has 4 rings (SSSR count). The van der Waals surface area contributed by atoms with E-state index >= 15 is 0 Å². The van der Waals surface area contributed by atoms with E-state index in [1.54, 1.807) is 13.3 Å². The summed E-state index contributed by atoms with van der Waals surface area (Å²) in [6.07, 6.45) is 10.5. The van der Waals surface area contributed by atoms with E-state index in [1.807, 2.05) is 41.2 Å². The fourth-order valence-electron chi connectivity index (χ4n) is 4.11. The van der Waals surface area contributed by atoms with Gasteiger partial charge in [0.05, 0.1) is 29.9 Å². The van der Waals surface area contributed by atoms with Gasteiger partial charge in [0, 0.05) is 51.6 Å². The van der Waals surface area contributed by atoms with Crippen LogP contribution in [0.2, 0.25) is 0 Å². The second-order valence-electron chi connectivity index (χ2n) is 7.52. The van der Waals surface area contributed by atoms with E-state index < -0.39 is 0 Å². The van der Waals surface area contributed by atoms with Crippen LogP contribution in [0.5, 0.6) is 0 Å². The van der Waals surface area contributed by atoms with Crippen LogP contribution in [-0.2, 0) is 9.53 Å². The number of hydrogen-bond donors (Lipinski definition) is 0. The van der Waals surface area contributed by atoms with E-state index in [2.05, 4.69) is 15.0 Å². The number of aryl methyl sites for hydroxylation is 1. The largest absolute Gasteiger partial charge is 0.380 e. The van der Waals surface area contributed by atoms with E-state index in [0.717, 1.165) is 62.4 Å². The number of pyridine rings is 1. The van der Waals surface area contributed by atoms with Crippen molar-refractivity contribution >= 4 is 11.6 Å². The van der Waals surface area contributed by atoms with Crippen LogP contribution in [0.25, 0.3) is 5.69 Å². The Hall–Kier alpha value is -2.41. The standard InChI is InChI=1S/C20H27N5O2/c1-15-11-22-25(13-15)18-3-7-21-12-19(18)23-8-4-16(5-9-23)20(26)24-10-6-17(14-24)27-2/h3,7,11-13,16-17H,4-6,8-10,14H2,1-2H3/t17-/m1/s1. The lowest BCUT2D eigenvalue weighted by atomic mass is 9.95. The van der Waals surface area contributed by atoms with Gasteiger partial charge in [-0.15, -0.1) is 0 Å². The monoisotopic (exact) mass is 369 g/mol. The van der Waals surface area contributed by atoms with Crippen LogP contribution in [0.4, 0.5) is 5.69 Å². The number of nitrogens with zero attached hydrogens (tertiary/aromatic N) is 5. The Morgan fingerprint density at radius 2 is 1.96 bits per heavy atom. The van der Waals surface area contributed by atoms with Crippen molar-refractivity contribution in [3.05, 3.63) is 36.4 Å². The van der Waals surface area contributed by atoms with E-state index in [9.17, 15) is 4.79 Å². The zero-order valence-electron chi connectivity index (χ0n) is 16.0. The van der Waals surface area contributed by atoms with Crippen molar-refractivity contribution in [2.45, 2.75) is 32.3 Å². The molecule has 0 radical (unpaired) electrons. The molecule has 0 aromatic carbocycles. The lowest BCUT2D eigenvalue weighted by Crippen LogP contribution is -2.42. The summed E-state index contributed by atoms with van der Waals surface area (Å²) in [5.74, 6) is 0.409. The lowest BCUT2D eigenvalue weighted by molar-refractivity contribution is -0.135. The molecule has 0 saturated carbocycles. The molecule has 0 N–H and O–H groups in total. The summed E-state index contributed by atoms with van der Waals surface area (Å²) in [4.78, 5) is 21.4. The van der Waals surface area contributed by atoms with Crippen LogP contribution in [-0.4, -0.2) is 65.0 Å². The highest BCUT2D eigenvalue weighted by Gasteiger charge is 2.33. The third-order valence-corrected chi connectivity index (χ3v) is 5.71. The molecular formula is C20H27N5O2. The molecule has 0 unspecified atom stereocenters. The molecule has 0 spiro atoms. The number of aromatic nitrogens is 3. The normalized spacial score (nSPS) is 21.0. The van der Waals surface area contributed by atoms with Gasteiger partial charge in [-0.3, -0.25) is 9.78 Å². The Balaban J connectivity index is 1.42. The van der Waals surface area contributed by atoms with Gasteiger partial charge in [0.1, 0.15) is 0 Å². The molecule has 2 aliphatic rings. The molecule has 2 aromatic rings. The molecular weight excluding hydrogens is 342 g/mol. The van der Waals surface area contributed by atoms with Crippen molar-refractivity contribution in [3.63, 3.8) is 0 Å². The quantitative estimate of drug-likeness (QED) is 0.825. The predicted molar refractivity (Wildman–Crippen MR) is 103 cm³/mol. The van der Waals surface area contributed by atoms with E-state index in [0.29, 0.717) is 5.91 Å². The van der Waals surface area contributed by atoms with Crippen molar-refractivity contribution in [2.75, 3.05) is 38.2 Å². The van der Waals surface area contributed by atoms with Gasteiger partial charge < -0.3 is 14.5 Å². The van der Waals surface area contributed by atoms with Gasteiger partial charge in [0.15, 0.2) is 0 Å². The first-order chi connectivity index (χ1) is 13.2. The topological polar surface area (TPSA) is 63.5 Å². The summed E-state index contributed by atoms with van der Waals surface area (Å²) < 4.78 is 7.29.